The van der Waals surface area contributed by atoms with Gasteiger partial charge in [-0.25, -0.2) is 10.5 Å². The SMILES string of the molecule is C[C@]1(O)[C@H](N=C(NO)NC(=N)C=N)O[C@@](CO)(CCl)[C@H]1O. The lowest BCUT2D eigenvalue weighted by atomic mass is 9.89. The van der Waals surface area contributed by atoms with Gasteiger partial charge in [-0.3, -0.25) is 10.6 Å². The summed E-state index contributed by atoms with van der Waals surface area (Å²) in [4.78, 5) is 3.77. The van der Waals surface area contributed by atoms with E-state index in [2.05, 4.69) is 10.3 Å². The van der Waals surface area contributed by atoms with Crippen LogP contribution in [0.2, 0.25) is 0 Å². The summed E-state index contributed by atoms with van der Waals surface area (Å²) in [6.07, 6.45) is -2.24. The van der Waals surface area contributed by atoms with Gasteiger partial charge in [0.2, 0.25) is 5.96 Å². The number of guanidine groups is 1. The van der Waals surface area contributed by atoms with Crippen molar-refractivity contribution in [2.24, 2.45) is 4.99 Å². The van der Waals surface area contributed by atoms with Gasteiger partial charge in [0.05, 0.1) is 18.7 Å². The average molecular weight is 324 g/mol. The lowest BCUT2D eigenvalue weighted by Gasteiger charge is -2.29. The second-order valence-corrected chi connectivity index (χ2v) is 4.99. The van der Waals surface area contributed by atoms with Crippen LogP contribution in [0.5, 0.6) is 0 Å². The van der Waals surface area contributed by atoms with E-state index in [9.17, 15) is 15.3 Å². The van der Waals surface area contributed by atoms with E-state index in [4.69, 9.17) is 32.4 Å². The lowest BCUT2D eigenvalue weighted by Crippen LogP contribution is -2.53. The van der Waals surface area contributed by atoms with Gasteiger partial charge in [0.1, 0.15) is 23.1 Å². The van der Waals surface area contributed by atoms with Crippen molar-refractivity contribution < 1.29 is 25.3 Å². The fourth-order valence-corrected chi connectivity index (χ4v) is 2.16. The first-order chi connectivity index (χ1) is 9.77. The van der Waals surface area contributed by atoms with E-state index in [1.807, 2.05) is 0 Å². The highest BCUT2D eigenvalue weighted by Gasteiger charge is 2.60. The van der Waals surface area contributed by atoms with E-state index < -0.39 is 30.1 Å². The second kappa shape index (κ2) is 6.64. The molecule has 1 rings (SSSR count). The van der Waals surface area contributed by atoms with Gasteiger partial charge in [-0.05, 0) is 6.92 Å². The molecule has 1 aliphatic heterocycles. The number of amidine groups is 1. The third-order valence-electron chi connectivity index (χ3n) is 3.14. The van der Waals surface area contributed by atoms with Gasteiger partial charge in [-0.15, -0.1) is 11.6 Å². The maximum atomic E-state index is 10.3. The molecule has 11 heteroatoms. The number of nitrogens with zero attached hydrogens (tertiary/aromatic N) is 1. The Morgan fingerprint density at radius 3 is 2.57 bits per heavy atom. The van der Waals surface area contributed by atoms with E-state index in [-0.39, 0.29) is 17.7 Å². The summed E-state index contributed by atoms with van der Waals surface area (Å²) in [7, 11) is 0. The van der Waals surface area contributed by atoms with Crippen molar-refractivity contribution in [3.8, 4) is 0 Å². The summed E-state index contributed by atoms with van der Waals surface area (Å²) >= 11 is 5.68. The maximum Gasteiger partial charge on any atom is 0.223 e. The number of alkyl halides is 1. The topological polar surface area (TPSA) is 174 Å². The molecule has 0 bridgehead atoms. The van der Waals surface area contributed by atoms with Gasteiger partial charge in [0.25, 0.3) is 0 Å². The van der Waals surface area contributed by atoms with Crippen LogP contribution in [0.3, 0.4) is 0 Å². The fraction of sp³-hybridized carbons (Fsp3) is 0.700. The Labute approximate surface area is 125 Å². The smallest absolute Gasteiger partial charge is 0.223 e. The standard InChI is InChI=1S/C10H18ClN5O5/c1-9(19)6(18)10(3-11,4-17)21-7(9)15-8(16-20)14-5(13)2-12/h2,6-7,12,17-20H,3-4H2,1H3,(H3,13,14,15,16)/t6-,7+,9+,10+/m0/s1. The molecule has 0 aliphatic carbocycles. The van der Waals surface area contributed by atoms with Crippen molar-refractivity contribution in [3.63, 3.8) is 0 Å². The molecule has 8 N–H and O–H groups in total. The molecule has 0 unspecified atom stereocenters. The van der Waals surface area contributed by atoms with Crippen LogP contribution in [0.25, 0.3) is 0 Å². The first-order valence-electron chi connectivity index (χ1n) is 5.86. The van der Waals surface area contributed by atoms with Crippen molar-refractivity contribution >= 4 is 29.6 Å². The largest absolute Gasteiger partial charge is 0.393 e. The molecule has 120 valence electrons. The monoisotopic (exact) mass is 323 g/mol. The highest BCUT2D eigenvalue weighted by molar-refractivity contribution is 6.30. The molecule has 10 nitrogen and oxygen atoms in total. The van der Waals surface area contributed by atoms with Crippen LogP contribution >= 0.6 is 11.6 Å². The van der Waals surface area contributed by atoms with Crippen molar-refractivity contribution in [1.82, 2.24) is 10.8 Å². The number of aliphatic imine (C=N–C) groups is 1. The minimum Gasteiger partial charge on any atom is -0.393 e. The molecular formula is C10H18ClN5O5. The summed E-state index contributed by atoms with van der Waals surface area (Å²) in [5.74, 6) is -1.07. The average Bonchev–Trinajstić information content (AvgIpc) is 2.67. The number of aliphatic hydroxyl groups is 3. The third-order valence-corrected chi connectivity index (χ3v) is 3.59. The number of hydrogen-bond donors (Lipinski definition) is 8. The first-order valence-corrected chi connectivity index (χ1v) is 6.40. The molecule has 1 fully saturated rings. The Morgan fingerprint density at radius 1 is 1.57 bits per heavy atom. The molecule has 0 amide bonds. The van der Waals surface area contributed by atoms with E-state index in [1.54, 1.807) is 5.48 Å². The molecule has 4 atom stereocenters. The van der Waals surface area contributed by atoms with Crippen LogP contribution < -0.4 is 10.8 Å². The zero-order chi connectivity index (χ0) is 16.3. The van der Waals surface area contributed by atoms with Crippen LogP contribution in [0, 0.1) is 10.8 Å². The number of hydroxylamine groups is 1. The molecule has 1 saturated heterocycles. The Morgan fingerprint density at radius 2 is 2.19 bits per heavy atom. The highest BCUT2D eigenvalue weighted by Crippen LogP contribution is 2.39. The molecule has 1 heterocycles. The minimum absolute atomic E-state index is 0.293. The third kappa shape index (κ3) is 3.31. The van der Waals surface area contributed by atoms with Crippen LogP contribution in [0.1, 0.15) is 6.92 Å². The molecular weight excluding hydrogens is 306 g/mol. The molecule has 0 spiro atoms. The quantitative estimate of drug-likeness (QED) is 0.127. The number of nitrogens with one attached hydrogen (secondary N) is 4. The van der Waals surface area contributed by atoms with Gasteiger partial charge in [-0.2, -0.15) is 0 Å². The van der Waals surface area contributed by atoms with Crippen LogP contribution in [-0.4, -0.2) is 74.6 Å². The summed E-state index contributed by atoms with van der Waals surface area (Å²) in [5, 5.41) is 54.9. The van der Waals surface area contributed by atoms with Crippen LogP contribution in [0.4, 0.5) is 0 Å². The zero-order valence-corrected chi connectivity index (χ0v) is 11.9. The van der Waals surface area contributed by atoms with E-state index in [0.29, 0.717) is 6.21 Å². The van der Waals surface area contributed by atoms with Crippen molar-refractivity contribution in [2.45, 2.75) is 30.5 Å². The number of rotatable bonds is 4. The molecule has 21 heavy (non-hydrogen) atoms. The number of aliphatic hydroxyl groups excluding tert-OH is 2. The molecule has 0 aromatic carbocycles. The van der Waals surface area contributed by atoms with Gasteiger partial charge < -0.3 is 30.8 Å². The molecule has 1 aliphatic rings. The number of halogens is 1. The van der Waals surface area contributed by atoms with Gasteiger partial charge >= 0.3 is 0 Å². The van der Waals surface area contributed by atoms with E-state index in [0.717, 1.165) is 0 Å². The fourth-order valence-electron chi connectivity index (χ4n) is 1.87. The lowest BCUT2D eigenvalue weighted by molar-refractivity contribution is -0.0955. The Bertz CT molecular complexity index is 440. The molecule has 0 aromatic heterocycles. The second-order valence-electron chi connectivity index (χ2n) is 4.73. The summed E-state index contributed by atoms with van der Waals surface area (Å²) in [5.41, 5.74) is -1.86. The van der Waals surface area contributed by atoms with Gasteiger partial charge in [0.15, 0.2) is 6.23 Å². The molecule has 0 aromatic rings. The van der Waals surface area contributed by atoms with Gasteiger partial charge in [0, 0.05) is 0 Å². The van der Waals surface area contributed by atoms with Crippen molar-refractivity contribution in [1.29, 1.82) is 10.8 Å². The summed E-state index contributed by atoms with van der Waals surface area (Å²) in [6.45, 7) is 0.582. The summed E-state index contributed by atoms with van der Waals surface area (Å²) in [6, 6.07) is 0. The van der Waals surface area contributed by atoms with Gasteiger partial charge in [-0.1, -0.05) is 0 Å². The Hall–Kier alpha value is -1.30. The minimum atomic E-state index is -1.89. The Kier molecular flexibility index (Phi) is 5.61. The first kappa shape index (κ1) is 17.8. The Balaban J connectivity index is 3.06. The molecule has 0 radical (unpaired) electrons. The number of hydrogen-bond acceptors (Lipinski definition) is 8. The van der Waals surface area contributed by atoms with Crippen molar-refractivity contribution in [3.05, 3.63) is 0 Å². The van der Waals surface area contributed by atoms with E-state index in [1.165, 1.54) is 6.92 Å². The zero-order valence-electron chi connectivity index (χ0n) is 11.2. The predicted octanol–water partition coefficient (Wildman–Crippen LogP) is -2.02. The normalized spacial score (nSPS) is 36.4. The number of ether oxygens (including phenoxy) is 1. The summed E-state index contributed by atoms with van der Waals surface area (Å²) < 4.78 is 5.33. The van der Waals surface area contributed by atoms with E-state index >= 15 is 0 Å². The van der Waals surface area contributed by atoms with Crippen LogP contribution in [-0.2, 0) is 4.74 Å². The predicted molar refractivity (Wildman–Crippen MR) is 74.0 cm³/mol. The van der Waals surface area contributed by atoms with Crippen LogP contribution in [0.15, 0.2) is 4.99 Å². The van der Waals surface area contributed by atoms with Crippen molar-refractivity contribution in [2.75, 3.05) is 12.5 Å². The highest BCUT2D eigenvalue weighted by atomic mass is 35.5. The molecule has 0 saturated carbocycles. The maximum absolute atomic E-state index is 10.3.